The van der Waals surface area contributed by atoms with E-state index in [1.165, 1.54) is 5.56 Å². The Bertz CT molecular complexity index is 643. The quantitative estimate of drug-likeness (QED) is 0.922. The summed E-state index contributed by atoms with van der Waals surface area (Å²) in [6.07, 6.45) is 1.49. The van der Waals surface area contributed by atoms with E-state index in [0.29, 0.717) is 18.3 Å². The first-order valence-electron chi connectivity index (χ1n) is 7.82. The van der Waals surface area contributed by atoms with Crippen LogP contribution in [0.2, 0.25) is 0 Å². The van der Waals surface area contributed by atoms with Crippen molar-refractivity contribution in [2.75, 3.05) is 0 Å². The molecule has 2 aromatic rings. The molecular weight excluding hydrogens is 276 g/mol. The molecule has 3 atom stereocenters. The second kappa shape index (κ2) is 5.95. The molecule has 3 rings (SSSR count). The SMILES string of the molecule is Cc1noc(C)c1CC(=O)N[C@H](C)[C@@H]1C[C@H]1c1ccccc1. The summed E-state index contributed by atoms with van der Waals surface area (Å²) in [5, 5.41) is 7.02. The minimum atomic E-state index is 0.0422. The molecule has 1 saturated carbocycles. The van der Waals surface area contributed by atoms with Gasteiger partial charge in [0.05, 0.1) is 12.1 Å². The Morgan fingerprint density at radius 3 is 2.73 bits per heavy atom. The Hall–Kier alpha value is -2.10. The Balaban J connectivity index is 1.55. The van der Waals surface area contributed by atoms with Gasteiger partial charge in [0.1, 0.15) is 5.76 Å². The molecule has 1 aromatic carbocycles. The van der Waals surface area contributed by atoms with Gasteiger partial charge in [-0.15, -0.1) is 0 Å². The van der Waals surface area contributed by atoms with Crippen molar-refractivity contribution in [3.8, 4) is 0 Å². The van der Waals surface area contributed by atoms with Crippen molar-refractivity contribution >= 4 is 5.91 Å². The summed E-state index contributed by atoms with van der Waals surface area (Å²) >= 11 is 0. The third kappa shape index (κ3) is 3.06. The predicted octanol–water partition coefficient (Wildman–Crippen LogP) is 3.14. The number of carbonyl (C=O) groups is 1. The fourth-order valence-electron chi connectivity index (χ4n) is 3.18. The van der Waals surface area contributed by atoms with Gasteiger partial charge in [0.25, 0.3) is 0 Å². The summed E-state index contributed by atoms with van der Waals surface area (Å²) in [7, 11) is 0. The van der Waals surface area contributed by atoms with Crippen LogP contribution in [0.15, 0.2) is 34.9 Å². The predicted molar refractivity (Wildman–Crippen MR) is 84.6 cm³/mol. The molecule has 1 aliphatic rings. The van der Waals surface area contributed by atoms with Crippen molar-refractivity contribution in [1.29, 1.82) is 0 Å². The topological polar surface area (TPSA) is 55.1 Å². The van der Waals surface area contributed by atoms with Crippen LogP contribution in [0.5, 0.6) is 0 Å². The highest BCUT2D eigenvalue weighted by Crippen LogP contribution is 2.49. The zero-order chi connectivity index (χ0) is 15.7. The van der Waals surface area contributed by atoms with Crippen LogP contribution in [-0.2, 0) is 11.2 Å². The second-order valence-electron chi connectivity index (χ2n) is 6.25. The van der Waals surface area contributed by atoms with Gasteiger partial charge in [-0.2, -0.15) is 0 Å². The summed E-state index contributed by atoms with van der Waals surface area (Å²) in [5.74, 6) is 1.89. The van der Waals surface area contributed by atoms with Gasteiger partial charge in [0.15, 0.2) is 0 Å². The molecule has 1 heterocycles. The molecule has 4 heteroatoms. The maximum absolute atomic E-state index is 12.2. The van der Waals surface area contributed by atoms with Crippen molar-refractivity contribution < 1.29 is 9.32 Å². The molecule has 0 spiro atoms. The van der Waals surface area contributed by atoms with Gasteiger partial charge < -0.3 is 9.84 Å². The summed E-state index contributed by atoms with van der Waals surface area (Å²) < 4.78 is 5.11. The minimum absolute atomic E-state index is 0.0422. The summed E-state index contributed by atoms with van der Waals surface area (Å²) in [4.78, 5) is 12.2. The first-order chi connectivity index (χ1) is 10.6. The van der Waals surface area contributed by atoms with Crippen LogP contribution in [0.25, 0.3) is 0 Å². The lowest BCUT2D eigenvalue weighted by atomic mass is 10.1. The highest BCUT2D eigenvalue weighted by molar-refractivity contribution is 5.79. The Kier molecular flexibility index (Phi) is 4.01. The highest BCUT2D eigenvalue weighted by atomic mass is 16.5. The minimum Gasteiger partial charge on any atom is -0.361 e. The Labute approximate surface area is 130 Å². The van der Waals surface area contributed by atoms with E-state index in [1.807, 2.05) is 19.9 Å². The fourth-order valence-corrected chi connectivity index (χ4v) is 3.18. The number of nitrogens with one attached hydrogen (secondary N) is 1. The van der Waals surface area contributed by atoms with Crippen molar-refractivity contribution in [1.82, 2.24) is 10.5 Å². The molecule has 0 aliphatic heterocycles. The van der Waals surface area contributed by atoms with E-state index < -0.39 is 0 Å². The van der Waals surface area contributed by atoms with E-state index in [-0.39, 0.29) is 11.9 Å². The van der Waals surface area contributed by atoms with Gasteiger partial charge in [0.2, 0.25) is 5.91 Å². The number of aromatic nitrogens is 1. The van der Waals surface area contributed by atoms with Crippen LogP contribution in [0.3, 0.4) is 0 Å². The van der Waals surface area contributed by atoms with Crippen molar-refractivity contribution in [3.63, 3.8) is 0 Å². The molecule has 116 valence electrons. The maximum Gasteiger partial charge on any atom is 0.224 e. The Morgan fingerprint density at radius 2 is 2.09 bits per heavy atom. The number of hydrogen-bond donors (Lipinski definition) is 1. The first-order valence-corrected chi connectivity index (χ1v) is 7.82. The van der Waals surface area contributed by atoms with E-state index in [9.17, 15) is 4.79 Å². The van der Waals surface area contributed by atoms with Gasteiger partial charge >= 0.3 is 0 Å². The number of hydrogen-bond acceptors (Lipinski definition) is 3. The molecule has 1 aromatic heterocycles. The summed E-state index contributed by atoms with van der Waals surface area (Å²) in [6, 6.07) is 10.7. The zero-order valence-electron chi connectivity index (χ0n) is 13.3. The molecule has 4 nitrogen and oxygen atoms in total. The van der Waals surface area contributed by atoms with Gasteiger partial charge in [0, 0.05) is 11.6 Å². The lowest BCUT2D eigenvalue weighted by Crippen LogP contribution is -2.35. The number of nitrogens with zero attached hydrogens (tertiary/aromatic N) is 1. The van der Waals surface area contributed by atoms with E-state index in [1.54, 1.807) is 0 Å². The number of carbonyl (C=O) groups excluding carboxylic acids is 1. The number of benzene rings is 1. The lowest BCUT2D eigenvalue weighted by molar-refractivity contribution is -0.121. The van der Waals surface area contributed by atoms with Crippen LogP contribution in [-0.4, -0.2) is 17.1 Å². The van der Waals surface area contributed by atoms with Gasteiger partial charge in [-0.3, -0.25) is 4.79 Å². The Morgan fingerprint density at radius 1 is 1.36 bits per heavy atom. The van der Waals surface area contributed by atoms with Gasteiger partial charge in [-0.1, -0.05) is 35.5 Å². The van der Waals surface area contributed by atoms with Crippen LogP contribution in [0.4, 0.5) is 0 Å². The molecule has 1 N–H and O–H groups in total. The molecular formula is C18H22N2O2. The monoisotopic (exact) mass is 298 g/mol. The van der Waals surface area contributed by atoms with Crippen LogP contribution < -0.4 is 5.32 Å². The molecule has 1 amide bonds. The number of aryl methyl sites for hydroxylation is 2. The molecule has 1 fully saturated rings. The van der Waals surface area contributed by atoms with Crippen LogP contribution >= 0.6 is 0 Å². The van der Waals surface area contributed by atoms with E-state index in [4.69, 9.17) is 4.52 Å². The number of rotatable bonds is 5. The van der Waals surface area contributed by atoms with Gasteiger partial charge in [-0.25, -0.2) is 0 Å². The first kappa shape index (κ1) is 14.8. The largest absolute Gasteiger partial charge is 0.361 e. The third-order valence-corrected chi connectivity index (χ3v) is 4.62. The normalized spacial score (nSPS) is 21.4. The highest BCUT2D eigenvalue weighted by Gasteiger charge is 2.42. The standard InChI is InChI=1S/C18H22N2O2/c1-11(16-9-17(16)14-7-5-4-6-8-14)19-18(21)10-15-12(2)20-22-13(15)3/h4-8,11,16-17H,9-10H2,1-3H3,(H,19,21)/t11-,16+,17+/m1/s1. The molecule has 22 heavy (non-hydrogen) atoms. The van der Waals surface area contributed by atoms with Crippen molar-refractivity contribution in [2.24, 2.45) is 5.92 Å². The average molecular weight is 298 g/mol. The molecule has 0 radical (unpaired) electrons. The summed E-state index contributed by atoms with van der Waals surface area (Å²) in [6.45, 7) is 5.81. The summed E-state index contributed by atoms with van der Waals surface area (Å²) in [5.41, 5.74) is 3.08. The van der Waals surface area contributed by atoms with Crippen molar-refractivity contribution in [2.45, 2.75) is 45.6 Å². The smallest absolute Gasteiger partial charge is 0.224 e. The lowest BCUT2D eigenvalue weighted by Gasteiger charge is -2.14. The maximum atomic E-state index is 12.2. The number of amides is 1. The van der Waals surface area contributed by atoms with Gasteiger partial charge in [-0.05, 0) is 44.6 Å². The van der Waals surface area contributed by atoms with E-state index >= 15 is 0 Å². The third-order valence-electron chi connectivity index (χ3n) is 4.62. The van der Waals surface area contributed by atoms with Crippen LogP contribution in [0.1, 0.15) is 41.8 Å². The molecule has 0 saturated heterocycles. The average Bonchev–Trinajstić information content (AvgIpc) is 3.26. The molecule has 0 bridgehead atoms. The fraction of sp³-hybridized carbons (Fsp3) is 0.444. The molecule has 0 unspecified atom stereocenters. The van der Waals surface area contributed by atoms with E-state index in [2.05, 4.69) is 41.7 Å². The zero-order valence-corrected chi connectivity index (χ0v) is 13.3. The van der Waals surface area contributed by atoms with Crippen LogP contribution in [0, 0.1) is 19.8 Å². The second-order valence-corrected chi connectivity index (χ2v) is 6.25. The van der Waals surface area contributed by atoms with Crippen molar-refractivity contribution in [3.05, 3.63) is 52.9 Å². The molecule has 1 aliphatic carbocycles. The van der Waals surface area contributed by atoms with E-state index in [0.717, 1.165) is 23.4 Å².